The molecule has 0 aliphatic heterocycles. The molecule has 2 unspecified atom stereocenters. The van der Waals surface area contributed by atoms with Crippen LogP contribution in [-0.4, -0.2) is 24.2 Å². The number of hydrogen-bond acceptors (Lipinski definition) is 3. The molecule has 0 saturated carbocycles. The van der Waals surface area contributed by atoms with E-state index in [1.165, 1.54) is 13.2 Å². The number of methoxy groups -OCH3 is 1. The molecule has 0 aliphatic carbocycles. The van der Waals surface area contributed by atoms with Crippen LogP contribution in [0, 0.1) is 11.7 Å². The largest absolute Gasteiger partial charge is 0.496 e. The molecule has 1 rings (SSSR count). The summed E-state index contributed by atoms with van der Waals surface area (Å²) in [7, 11) is 1.45. The third-order valence-corrected chi connectivity index (χ3v) is 3.21. The lowest BCUT2D eigenvalue weighted by Gasteiger charge is -2.20. The lowest BCUT2D eigenvalue weighted by Crippen LogP contribution is -2.32. The lowest BCUT2D eigenvalue weighted by molar-refractivity contribution is -0.124. The highest BCUT2D eigenvalue weighted by molar-refractivity contribution is 5.77. The van der Waals surface area contributed by atoms with Crippen LogP contribution in [0.25, 0.3) is 0 Å². The van der Waals surface area contributed by atoms with Crippen LogP contribution < -0.4 is 10.1 Å². The van der Waals surface area contributed by atoms with E-state index in [9.17, 15) is 14.3 Å². The Hall–Kier alpha value is -1.62. The SMILES string of the molecule is COc1cccc(F)c1C(C)NC(=O)CC(O)C(C)C. The second kappa shape index (κ2) is 7.24. The van der Waals surface area contributed by atoms with E-state index in [1.54, 1.807) is 19.1 Å². The summed E-state index contributed by atoms with van der Waals surface area (Å²) in [5.41, 5.74) is 0.308. The highest BCUT2D eigenvalue weighted by Gasteiger charge is 2.20. The number of carbonyl (C=O) groups excluding carboxylic acids is 1. The molecule has 0 bridgehead atoms. The number of aliphatic hydroxyl groups excluding tert-OH is 1. The van der Waals surface area contributed by atoms with E-state index < -0.39 is 18.0 Å². The van der Waals surface area contributed by atoms with Crippen LogP contribution >= 0.6 is 0 Å². The van der Waals surface area contributed by atoms with Crippen molar-refractivity contribution in [3.05, 3.63) is 29.6 Å². The molecule has 1 aromatic rings. The molecule has 0 fully saturated rings. The van der Waals surface area contributed by atoms with Crippen molar-refractivity contribution in [2.24, 2.45) is 5.92 Å². The van der Waals surface area contributed by atoms with Crippen molar-refractivity contribution in [3.63, 3.8) is 0 Å². The number of carbonyl (C=O) groups is 1. The Labute approximate surface area is 119 Å². The fourth-order valence-electron chi connectivity index (χ4n) is 1.91. The van der Waals surface area contributed by atoms with E-state index in [2.05, 4.69) is 5.32 Å². The minimum atomic E-state index is -0.704. The van der Waals surface area contributed by atoms with Gasteiger partial charge in [0.1, 0.15) is 11.6 Å². The Kier molecular flexibility index (Phi) is 5.95. The topological polar surface area (TPSA) is 58.6 Å². The van der Waals surface area contributed by atoms with Crippen LogP contribution in [0.3, 0.4) is 0 Å². The highest BCUT2D eigenvalue weighted by atomic mass is 19.1. The van der Waals surface area contributed by atoms with Crippen molar-refractivity contribution in [2.75, 3.05) is 7.11 Å². The summed E-state index contributed by atoms with van der Waals surface area (Å²) in [4.78, 5) is 11.8. The Bertz CT molecular complexity index is 462. The van der Waals surface area contributed by atoms with Crippen LogP contribution in [0.2, 0.25) is 0 Å². The van der Waals surface area contributed by atoms with Gasteiger partial charge in [-0.05, 0) is 25.0 Å². The smallest absolute Gasteiger partial charge is 0.223 e. The number of halogens is 1. The van der Waals surface area contributed by atoms with Gasteiger partial charge in [0.15, 0.2) is 0 Å². The maximum Gasteiger partial charge on any atom is 0.223 e. The van der Waals surface area contributed by atoms with Gasteiger partial charge >= 0.3 is 0 Å². The molecule has 0 saturated heterocycles. The number of nitrogens with one attached hydrogen (secondary N) is 1. The number of rotatable bonds is 6. The molecule has 2 atom stereocenters. The average Bonchev–Trinajstić information content (AvgIpc) is 2.37. The van der Waals surface area contributed by atoms with Gasteiger partial charge in [0, 0.05) is 0 Å². The minimum absolute atomic E-state index is 0.000876. The predicted molar refractivity (Wildman–Crippen MR) is 75.0 cm³/mol. The standard InChI is InChI=1S/C15H22FNO3/c1-9(2)12(18)8-14(19)17-10(3)15-11(16)6-5-7-13(15)20-4/h5-7,9-10,12,18H,8H2,1-4H3,(H,17,19). The first kappa shape index (κ1) is 16.4. The van der Waals surface area contributed by atoms with Gasteiger partial charge in [-0.3, -0.25) is 4.79 Å². The summed E-state index contributed by atoms with van der Waals surface area (Å²) in [6.45, 7) is 5.35. The molecule has 0 aliphatic rings. The fourth-order valence-corrected chi connectivity index (χ4v) is 1.91. The molecule has 5 heteroatoms. The first-order valence-corrected chi connectivity index (χ1v) is 6.66. The van der Waals surface area contributed by atoms with Gasteiger partial charge in [-0.15, -0.1) is 0 Å². The summed E-state index contributed by atoms with van der Waals surface area (Å²) < 4.78 is 19.0. The molecular weight excluding hydrogens is 261 g/mol. The number of amides is 1. The van der Waals surface area contributed by atoms with Crippen LogP contribution in [0.15, 0.2) is 18.2 Å². The van der Waals surface area contributed by atoms with Gasteiger partial charge < -0.3 is 15.2 Å². The van der Waals surface area contributed by atoms with Gasteiger partial charge in [0.2, 0.25) is 5.91 Å². The van der Waals surface area contributed by atoms with Gasteiger partial charge in [-0.2, -0.15) is 0 Å². The zero-order valence-corrected chi connectivity index (χ0v) is 12.3. The Morgan fingerprint density at radius 3 is 2.60 bits per heavy atom. The average molecular weight is 283 g/mol. The van der Waals surface area contributed by atoms with E-state index in [0.29, 0.717) is 11.3 Å². The van der Waals surface area contributed by atoms with Crippen molar-refractivity contribution in [3.8, 4) is 5.75 Å². The maximum atomic E-state index is 13.8. The van der Waals surface area contributed by atoms with Crippen LogP contribution in [0.5, 0.6) is 5.75 Å². The van der Waals surface area contributed by atoms with Gasteiger partial charge in [-0.1, -0.05) is 19.9 Å². The molecule has 0 aromatic heterocycles. The Morgan fingerprint density at radius 2 is 2.05 bits per heavy atom. The first-order chi connectivity index (χ1) is 9.36. The molecule has 112 valence electrons. The van der Waals surface area contributed by atoms with Crippen molar-refractivity contribution >= 4 is 5.91 Å². The summed E-state index contributed by atoms with van der Waals surface area (Å²) in [6, 6.07) is 3.99. The molecule has 0 spiro atoms. The van der Waals surface area contributed by atoms with Crippen molar-refractivity contribution in [1.29, 1.82) is 0 Å². The van der Waals surface area contributed by atoms with Gasteiger partial charge in [0.05, 0.1) is 31.2 Å². The molecule has 1 aromatic carbocycles. The first-order valence-electron chi connectivity index (χ1n) is 6.66. The summed E-state index contributed by atoms with van der Waals surface area (Å²) >= 11 is 0. The molecule has 1 amide bonds. The van der Waals surface area contributed by atoms with E-state index in [4.69, 9.17) is 4.74 Å². The van der Waals surface area contributed by atoms with E-state index in [1.807, 2.05) is 13.8 Å². The van der Waals surface area contributed by atoms with Crippen molar-refractivity contribution in [1.82, 2.24) is 5.32 Å². The second-order valence-electron chi connectivity index (χ2n) is 5.16. The summed E-state index contributed by atoms with van der Waals surface area (Å²) in [6.07, 6.45) is -0.705. The quantitative estimate of drug-likeness (QED) is 0.843. The molecule has 4 nitrogen and oxygen atoms in total. The van der Waals surface area contributed by atoms with Gasteiger partial charge in [-0.25, -0.2) is 4.39 Å². The van der Waals surface area contributed by atoms with Crippen molar-refractivity contribution in [2.45, 2.75) is 39.3 Å². The number of benzene rings is 1. The minimum Gasteiger partial charge on any atom is -0.496 e. The number of aliphatic hydroxyl groups is 1. The van der Waals surface area contributed by atoms with Crippen molar-refractivity contribution < 1.29 is 19.0 Å². The lowest BCUT2D eigenvalue weighted by atomic mass is 10.0. The zero-order chi connectivity index (χ0) is 15.3. The molecule has 0 radical (unpaired) electrons. The Morgan fingerprint density at radius 1 is 1.40 bits per heavy atom. The molecule has 20 heavy (non-hydrogen) atoms. The third kappa shape index (κ3) is 4.20. The summed E-state index contributed by atoms with van der Waals surface area (Å²) in [5, 5.41) is 12.4. The normalized spacial score (nSPS) is 13.9. The van der Waals surface area contributed by atoms with E-state index >= 15 is 0 Å². The highest BCUT2D eigenvalue weighted by Crippen LogP contribution is 2.27. The summed E-state index contributed by atoms with van der Waals surface area (Å²) in [5.74, 6) is -0.355. The molecule has 2 N–H and O–H groups in total. The zero-order valence-electron chi connectivity index (χ0n) is 12.3. The number of ether oxygens (including phenoxy) is 1. The van der Waals surface area contributed by atoms with Gasteiger partial charge in [0.25, 0.3) is 0 Å². The van der Waals surface area contributed by atoms with E-state index in [0.717, 1.165) is 0 Å². The predicted octanol–water partition coefficient (Wildman–Crippen LogP) is 2.42. The van der Waals surface area contributed by atoms with E-state index in [-0.39, 0.29) is 18.2 Å². The second-order valence-corrected chi connectivity index (χ2v) is 5.16. The molecular formula is C15H22FNO3. The fraction of sp³-hybridized carbons (Fsp3) is 0.533. The monoisotopic (exact) mass is 283 g/mol. The maximum absolute atomic E-state index is 13.8. The van der Waals surface area contributed by atoms with Crippen LogP contribution in [0.4, 0.5) is 4.39 Å². The Balaban J connectivity index is 2.76. The molecule has 0 heterocycles. The number of hydrogen-bond donors (Lipinski definition) is 2. The third-order valence-electron chi connectivity index (χ3n) is 3.21. The van der Waals surface area contributed by atoms with Crippen LogP contribution in [0.1, 0.15) is 38.8 Å². The van der Waals surface area contributed by atoms with Crippen LogP contribution in [-0.2, 0) is 4.79 Å².